The van der Waals surface area contributed by atoms with Crippen LogP contribution in [0.15, 0.2) is 42.7 Å². The third-order valence-corrected chi connectivity index (χ3v) is 13.9. The Hall–Kier alpha value is -1.91. The van der Waals surface area contributed by atoms with Gasteiger partial charge in [0.25, 0.3) is 0 Å². The minimum atomic E-state index is -2.40. The van der Waals surface area contributed by atoms with Crippen LogP contribution in [0.4, 0.5) is 5.69 Å². The molecule has 5 rings (SSSR count). The summed E-state index contributed by atoms with van der Waals surface area (Å²) in [6.45, 7) is 20.0. The molecule has 0 atom stereocenters. The van der Waals surface area contributed by atoms with Crippen molar-refractivity contribution in [3.63, 3.8) is 0 Å². The summed E-state index contributed by atoms with van der Waals surface area (Å²) in [6.07, 6.45) is 4.69. The van der Waals surface area contributed by atoms with Crippen molar-refractivity contribution in [3.05, 3.63) is 65.0 Å². The SMILES string of the molecule is CC(C)c1cc(C(C)(C)C)cc(C(C)(C)C)[c]1[Ga]1[N](C)c2cccc3c2-c2[n]1cc[n+]2C3. The van der Waals surface area contributed by atoms with Crippen LogP contribution in [-0.2, 0) is 17.4 Å². The van der Waals surface area contributed by atoms with Crippen LogP contribution in [0.3, 0.4) is 0 Å². The summed E-state index contributed by atoms with van der Waals surface area (Å²) < 4.78 is 9.53. The summed E-state index contributed by atoms with van der Waals surface area (Å²) in [5.74, 6) is 1.93. The van der Waals surface area contributed by atoms with Gasteiger partial charge in [-0.3, -0.25) is 0 Å². The maximum absolute atomic E-state index is 2.71. The van der Waals surface area contributed by atoms with Gasteiger partial charge in [-0.1, -0.05) is 0 Å². The molecule has 3 aromatic rings. The summed E-state index contributed by atoms with van der Waals surface area (Å²) in [5.41, 5.74) is 9.15. The Morgan fingerprint density at radius 2 is 1.72 bits per heavy atom. The van der Waals surface area contributed by atoms with Gasteiger partial charge in [-0.25, -0.2) is 0 Å². The molecule has 0 bridgehead atoms. The molecule has 2 aromatic carbocycles. The van der Waals surface area contributed by atoms with E-state index in [2.05, 4.69) is 117 Å². The first-order valence-electron chi connectivity index (χ1n) is 12.0. The van der Waals surface area contributed by atoms with E-state index in [1.54, 1.807) is 15.2 Å². The van der Waals surface area contributed by atoms with Crippen molar-refractivity contribution in [3.8, 4) is 11.4 Å². The van der Waals surface area contributed by atoms with E-state index in [1.807, 2.05) is 0 Å². The van der Waals surface area contributed by atoms with Crippen LogP contribution in [0.1, 0.15) is 83.6 Å². The Bertz CT molecular complexity index is 1220. The van der Waals surface area contributed by atoms with Gasteiger partial charge in [0.05, 0.1) is 0 Å². The molecule has 0 amide bonds. The molecule has 0 spiro atoms. The molecule has 2 aliphatic rings. The average Bonchev–Trinajstić information content (AvgIpc) is 3.26. The number of imidazole rings is 1. The summed E-state index contributed by atoms with van der Waals surface area (Å²) in [4.78, 5) is 0. The summed E-state index contributed by atoms with van der Waals surface area (Å²) in [6, 6.07) is 12.0. The van der Waals surface area contributed by atoms with Crippen molar-refractivity contribution >= 4 is 26.5 Å². The van der Waals surface area contributed by atoms with Gasteiger partial charge < -0.3 is 0 Å². The number of rotatable bonds is 2. The Morgan fingerprint density at radius 3 is 2.34 bits per heavy atom. The molecule has 0 N–H and O–H groups in total. The van der Waals surface area contributed by atoms with E-state index in [1.165, 1.54) is 28.2 Å². The number of hydrogen-bond donors (Lipinski definition) is 0. The van der Waals surface area contributed by atoms with Crippen LogP contribution in [0, 0.1) is 0 Å². The third-order valence-electron chi connectivity index (χ3n) is 7.39. The second-order valence-corrected chi connectivity index (χ2v) is 17.7. The van der Waals surface area contributed by atoms with Crippen molar-refractivity contribution in [2.75, 3.05) is 10.7 Å². The zero-order chi connectivity index (χ0) is 23.2. The Kier molecular flexibility index (Phi) is 4.82. The molecule has 32 heavy (non-hydrogen) atoms. The van der Waals surface area contributed by atoms with Crippen LogP contribution < -0.4 is 12.3 Å². The number of nitrogens with zero attached hydrogens (tertiary/aromatic N) is 3. The molecular formula is C28H37GaN3+. The topological polar surface area (TPSA) is 12.1 Å². The van der Waals surface area contributed by atoms with Gasteiger partial charge in [0, 0.05) is 0 Å². The number of benzene rings is 2. The molecule has 166 valence electrons. The zero-order valence-corrected chi connectivity index (χ0v) is 23.7. The Morgan fingerprint density at radius 1 is 1.00 bits per heavy atom. The van der Waals surface area contributed by atoms with Crippen molar-refractivity contribution in [1.82, 2.24) is 3.27 Å². The fraction of sp³-hybridized carbons (Fsp3) is 0.464. The minimum absolute atomic E-state index is 0.0952. The number of anilines is 1. The molecule has 2 aliphatic heterocycles. The predicted octanol–water partition coefficient (Wildman–Crippen LogP) is 5.22. The number of aromatic nitrogens is 2. The first-order valence-corrected chi connectivity index (χ1v) is 15.4. The molecular weight excluding hydrogens is 448 g/mol. The average molecular weight is 485 g/mol. The van der Waals surface area contributed by atoms with E-state index in [-0.39, 0.29) is 10.8 Å². The molecule has 0 saturated carbocycles. The van der Waals surface area contributed by atoms with Crippen molar-refractivity contribution < 1.29 is 4.57 Å². The fourth-order valence-electron chi connectivity index (χ4n) is 5.64. The predicted molar refractivity (Wildman–Crippen MR) is 136 cm³/mol. The first-order chi connectivity index (χ1) is 14.9. The molecule has 0 saturated heterocycles. The zero-order valence-electron chi connectivity index (χ0n) is 21.2. The van der Waals surface area contributed by atoms with E-state index in [0.717, 1.165) is 6.54 Å². The third kappa shape index (κ3) is 3.13. The van der Waals surface area contributed by atoms with Crippen molar-refractivity contribution in [2.45, 2.75) is 78.7 Å². The molecule has 0 radical (unpaired) electrons. The van der Waals surface area contributed by atoms with Crippen LogP contribution >= 0.6 is 0 Å². The molecule has 0 aliphatic carbocycles. The molecule has 3 nitrogen and oxygen atoms in total. The summed E-state index contributed by atoms with van der Waals surface area (Å²) in [5, 5.41) is 0. The van der Waals surface area contributed by atoms with Gasteiger partial charge in [-0.2, -0.15) is 0 Å². The summed E-state index contributed by atoms with van der Waals surface area (Å²) >= 11 is -2.40. The van der Waals surface area contributed by atoms with E-state index in [4.69, 9.17) is 0 Å². The van der Waals surface area contributed by atoms with E-state index in [0.29, 0.717) is 5.92 Å². The van der Waals surface area contributed by atoms with Crippen LogP contribution in [0.5, 0.6) is 0 Å². The molecule has 4 heteroatoms. The van der Waals surface area contributed by atoms with Crippen molar-refractivity contribution in [1.29, 1.82) is 0 Å². The normalized spacial score (nSPS) is 15.1. The quantitative estimate of drug-likeness (QED) is 0.280. The van der Waals surface area contributed by atoms with Gasteiger partial charge in [0.1, 0.15) is 0 Å². The second-order valence-electron chi connectivity index (χ2n) is 12.1. The molecule has 1 aromatic heterocycles. The maximum atomic E-state index is 2.71. The van der Waals surface area contributed by atoms with Gasteiger partial charge in [0.2, 0.25) is 0 Å². The Balaban J connectivity index is 1.84. The van der Waals surface area contributed by atoms with E-state index < -0.39 is 16.7 Å². The van der Waals surface area contributed by atoms with Crippen molar-refractivity contribution in [2.24, 2.45) is 0 Å². The fourth-order valence-corrected chi connectivity index (χ4v) is 13.6. The van der Waals surface area contributed by atoms with Crippen LogP contribution in [0.2, 0.25) is 0 Å². The summed E-state index contributed by atoms with van der Waals surface area (Å²) in [7, 11) is 2.36. The molecule has 0 fully saturated rings. The van der Waals surface area contributed by atoms with Crippen LogP contribution in [-0.4, -0.2) is 27.0 Å². The number of hydrogen-bond acceptors (Lipinski definition) is 1. The van der Waals surface area contributed by atoms with E-state index >= 15 is 0 Å². The van der Waals surface area contributed by atoms with Gasteiger partial charge in [-0.15, -0.1) is 0 Å². The van der Waals surface area contributed by atoms with E-state index in [9.17, 15) is 0 Å². The first kappa shape index (κ1) is 21.9. The molecule has 0 unspecified atom stereocenters. The monoisotopic (exact) mass is 484 g/mol. The standard InChI is InChI=1S/C17H27.C11H10N3.Ga/c1-12(2)13-9-14(16(3,4)5)11-15(10-13)17(6,7)8;1-12-9-4-2-3-8-7-14-6-5-13-11(14)10(8)9;/h9,11-12H,1-8H3;2-6H,7H2,1H3;/q;-1;+2. The van der Waals surface area contributed by atoms with Gasteiger partial charge in [-0.05, 0) is 0 Å². The molecule has 3 heterocycles. The second kappa shape index (κ2) is 7.04. The van der Waals surface area contributed by atoms with Gasteiger partial charge >= 0.3 is 200 Å². The Labute approximate surface area is 199 Å². The van der Waals surface area contributed by atoms with Crippen LogP contribution in [0.25, 0.3) is 11.4 Å². The van der Waals surface area contributed by atoms with Gasteiger partial charge in [0.15, 0.2) is 0 Å².